The zero-order chi connectivity index (χ0) is 9.91. The van der Waals surface area contributed by atoms with E-state index in [0.717, 1.165) is 0 Å². The van der Waals surface area contributed by atoms with Crippen molar-refractivity contribution in [3.8, 4) is 0 Å². The van der Waals surface area contributed by atoms with Crippen molar-refractivity contribution >= 4 is 7.82 Å². The van der Waals surface area contributed by atoms with Crippen LogP contribution in [0.1, 0.15) is 6.92 Å². The number of hydrogen-bond acceptors (Lipinski definition) is 4. The predicted molar refractivity (Wildman–Crippen MR) is 28.4 cm³/mol. The molecule has 0 saturated heterocycles. The van der Waals surface area contributed by atoms with Crippen LogP contribution < -0.4 is 0 Å². The van der Waals surface area contributed by atoms with Crippen molar-refractivity contribution in [1.82, 2.24) is 0 Å². The third-order valence-electron chi connectivity index (χ3n) is 0. The van der Waals surface area contributed by atoms with E-state index in [4.69, 9.17) is 31.1 Å². The zero-order valence-electron chi connectivity index (χ0n) is 5.58. The van der Waals surface area contributed by atoms with Gasteiger partial charge >= 0.3 is 33.1 Å². The van der Waals surface area contributed by atoms with Crippen LogP contribution in [-0.2, 0) is 29.8 Å². The third kappa shape index (κ3) is 5640. The fraction of sp³-hybridized carbons (Fsp3) is 1.00. The molecule has 0 heterocycles. The Morgan fingerprint density at radius 3 is 1.27 bits per heavy atom. The molecule has 0 unspecified atom stereocenters. The number of phosphoric acid groups is 1. The van der Waals surface area contributed by atoms with E-state index >= 15 is 0 Å². The van der Waals surface area contributed by atoms with E-state index in [1.165, 1.54) is 0 Å². The monoisotopic (exact) mass is 274 g/mol. The van der Waals surface area contributed by atoms with Crippen LogP contribution in [0.4, 0.5) is 0 Å². The Morgan fingerprint density at radius 1 is 1.27 bits per heavy atom. The summed E-state index contributed by atoms with van der Waals surface area (Å²) in [6, 6.07) is 0. The van der Waals surface area contributed by atoms with Crippen LogP contribution in [0.25, 0.3) is 0 Å². The first kappa shape index (κ1) is 17.4. The first-order valence-electron chi connectivity index (χ1n) is 2.14. The van der Waals surface area contributed by atoms with Gasteiger partial charge in [-0.2, -0.15) is 0 Å². The molecule has 0 rings (SSSR count). The van der Waals surface area contributed by atoms with Crippen molar-refractivity contribution in [2.24, 2.45) is 0 Å². The van der Waals surface area contributed by atoms with Crippen LogP contribution >= 0.6 is 7.82 Å². The molecule has 0 aliphatic carbocycles. The maximum atomic E-state index is 8.88. The molecule has 0 aliphatic heterocycles. The maximum absolute atomic E-state index is 8.88. The fourth-order valence-corrected chi connectivity index (χ4v) is 0. The van der Waals surface area contributed by atoms with Gasteiger partial charge in [-0.05, 0) is 6.92 Å². The number of hydrogen-bond donors (Lipinski definition) is 4. The molecule has 0 aromatic carbocycles. The Balaban J connectivity index is -0.0000000933. The molecule has 0 bridgehead atoms. The molecule has 0 saturated carbocycles. The van der Waals surface area contributed by atoms with Gasteiger partial charge in [0.1, 0.15) is 0 Å². The first-order valence-corrected chi connectivity index (χ1v) is 5.34. The molecule has 11 heavy (non-hydrogen) atoms. The molecular formula is C2H9MoO7P. The van der Waals surface area contributed by atoms with E-state index in [2.05, 4.69) is 0 Å². The SMILES string of the molecule is CCO.O=P(O)(O)O.[O]=[Mo]=[O]. The summed E-state index contributed by atoms with van der Waals surface area (Å²) in [7, 11) is -4.64. The van der Waals surface area contributed by atoms with Gasteiger partial charge in [-0.3, -0.25) is 0 Å². The second-order valence-corrected chi connectivity index (χ2v) is 2.26. The average Bonchev–Trinajstić information content (AvgIpc) is 1.62. The second kappa shape index (κ2) is 13.0. The van der Waals surface area contributed by atoms with Crippen molar-refractivity contribution in [3.05, 3.63) is 0 Å². The summed E-state index contributed by atoms with van der Waals surface area (Å²) in [6.07, 6.45) is 0. The normalized spacial score (nSPS) is 8.09. The van der Waals surface area contributed by atoms with Crippen LogP contribution in [0.5, 0.6) is 0 Å². The molecule has 0 atom stereocenters. The summed E-state index contributed by atoms with van der Waals surface area (Å²) < 4.78 is 25.9. The second-order valence-electron chi connectivity index (χ2n) is 0.898. The quantitative estimate of drug-likeness (QED) is 0.322. The molecule has 4 N–H and O–H groups in total. The third-order valence-corrected chi connectivity index (χ3v) is 0. The minimum atomic E-state index is -4.64. The van der Waals surface area contributed by atoms with Crippen molar-refractivity contribution in [2.75, 3.05) is 6.61 Å². The Hall–Kier alpha value is 0.358. The molecule has 70 valence electrons. The van der Waals surface area contributed by atoms with Gasteiger partial charge in [-0.1, -0.05) is 0 Å². The van der Waals surface area contributed by atoms with Gasteiger partial charge in [0.15, 0.2) is 0 Å². The van der Waals surface area contributed by atoms with Gasteiger partial charge in [-0.25, -0.2) is 4.57 Å². The molecule has 0 aromatic rings. The molecule has 0 fully saturated rings. The molecule has 0 amide bonds. The Bertz CT molecular complexity index is 125. The Morgan fingerprint density at radius 2 is 1.27 bits per heavy atom. The molecule has 9 heteroatoms. The molecule has 0 spiro atoms. The summed E-state index contributed by atoms with van der Waals surface area (Å²) in [5.41, 5.74) is 0. The minimum absolute atomic E-state index is 0.250. The van der Waals surface area contributed by atoms with E-state index in [1.807, 2.05) is 0 Å². The molecule has 0 radical (unpaired) electrons. The van der Waals surface area contributed by atoms with Gasteiger partial charge in [0.2, 0.25) is 0 Å². The van der Waals surface area contributed by atoms with Gasteiger partial charge in [0.05, 0.1) is 0 Å². The van der Waals surface area contributed by atoms with Crippen molar-refractivity contribution in [2.45, 2.75) is 6.92 Å². The topological polar surface area (TPSA) is 132 Å². The summed E-state index contributed by atoms with van der Waals surface area (Å²) in [5.74, 6) is 0. The summed E-state index contributed by atoms with van der Waals surface area (Å²) in [5, 5.41) is 7.57. The molecule has 0 aromatic heterocycles. The van der Waals surface area contributed by atoms with E-state index < -0.39 is 26.3 Å². The fourth-order valence-electron chi connectivity index (χ4n) is 0. The Kier molecular flexibility index (Phi) is 20.6. The average molecular weight is 272 g/mol. The van der Waals surface area contributed by atoms with Gasteiger partial charge in [0, 0.05) is 6.61 Å². The van der Waals surface area contributed by atoms with Crippen molar-refractivity contribution in [1.29, 1.82) is 0 Å². The van der Waals surface area contributed by atoms with Crippen LogP contribution in [0.2, 0.25) is 0 Å². The first-order chi connectivity index (χ1) is 4.83. The van der Waals surface area contributed by atoms with E-state index in [9.17, 15) is 0 Å². The van der Waals surface area contributed by atoms with Crippen molar-refractivity contribution < 1.29 is 49.6 Å². The summed E-state index contributed by atoms with van der Waals surface area (Å²) >= 11 is -2.03. The van der Waals surface area contributed by atoms with Gasteiger partial charge in [0.25, 0.3) is 0 Å². The van der Waals surface area contributed by atoms with E-state index in [1.54, 1.807) is 6.92 Å². The van der Waals surface area contributed by atoms with E-state index in [-0.39, 0.29) is 6.61 Å². The zero-order valence-corrected chi connectivity index (χ0v) is 8.48. The standard InChI is InChI=1S/C2H6O.Mo.H3O4P.2O/c1-2-3;;1-5(2,3)4;;/h3H,2H2,1H3;;(H3,1,2,3,4);;. The van der Waals surface area contributed by atoms with Crippen molar-refractivity contribution in [3.63, 3.8) is 0 Å². The van der Waals surface area contributed by atoms with Gasteiger partial charge < -0.3 is 19.8 Å². The summed E-state index contributed by atoms with van der Waals surface area (Å²) in [6.45, 7) is 1.93. The van der Waals surface area contributed by atoms with Crippen LogP contribution in [0.3, 0.4) is 0 Å². The van der Waals surface area contributed by atoms with Crippen LogP contribution in [-0.4, -0.2) is 26.4 Å². The van der Waals surface area contributed by atoms with Crippen LogP contribution in [0.15, 0.2) is 0 Å². The molecule has 0 aliphatic rings. The predicted octanol–water partition coefficient (Wildman–Crippen LogP) is -1.17. The number of aliphatic hydroxyl groups excluding tert-OH is 1. The summed E-state index contributed by atoms with van der Waals surface area (Å²) in [4.78, 5) is 21.6. The van der Waals surface area contributed by atoms with E-state index in [0.29, 0.717) is 0 Å². The Labute approximate surface area is 71.5 Å². The van der Waals surface area contributed by atoms with Gasteiger partial charge in [-0.15, -0.1) is 0 Å². The molecular weight excluding hydrogens is 263 g/mol. The molecule has 7 nitrogen and oxygen atoms in total. The van der Waals surface area contributed by atoms with Crippen LogP contribution in [0, 0.1) is 0 Å². The number of rotatable bonds is 0. The number of aliphatic hydroxyl groups is 1.